The van der Waals surface area contributed by atoms with Crippen molar-refractivity contribution in [1.29, 1.82) is 0 Å². The van der Waals surface area contributed by atoms with E-state index < -0.39 is 0 Å². The van der Waals surface area contributed by atoms with Crippen LogP contribution in [0.5, 0.6) is 5.75 Å². The van der Waals surface area contributed by atoms with Crippen LogP contribution in [0.2, 0.25) is 0 Å². The maximum absolute atomic E-state index is 11.2. The Morgan fingerprint density at radius 3 is 1.78 bits per heavy atom. The quantitative estimate of drug-likeness (QED) is 0.544. The highest BCUT2D eigenvalue weighted by atomic mass is 16.3. The van der Waals surface area contributed by atoms with Crippen molar-refractivity contribution in [3.8, 4) is 5.75 Å². The molecule has 0 aliphatic rings. The highest BCUT2D eigenvalue weighted by Gasteiger charge is 2.23. The lowest BCUT2D eigenvalue weighted by Gasteiger charge is -2.28. The number of phenols is 1. The van der Waals surface area contributed by atoms with Crippen LogP contribution in [0.4, 0.5) is 5.69 Å². The fourth-order valence-corrected chi connectivity index (χ4v) is 3.87. The van der Waals surface area contributed by atoms with E-state index in [0.717, 1.165) is 39.6 Å². The Hall–Kier alpha value is -2.92. The average molecular weight is 433 g/mol. The summed E-state index contributed by atoms with van der Waals surface area (Å²) in [6, 6.07) is 16.4. The monoisotopic (exact) mass is 432 g/mol. The molecule has 0 bridgehead atoms. The van der Waals surface area contributed by atoms with Crippen molar-refractivity contribution in [2.75, 3.05) is 19.0 Å². The fraction of sp³-hybridized carbons (Fsp3) is 0.407. The Labute approximate surface area is 192 Å². The Morgan fingerprint density at radius 1 is 0.812 bits per heavy atom. The molecule has 0 unspecified atom stereocenters. The van der Waals surface area contributed by atoms with E-state index in [-0.39, 0.29) is 5.41 Å². The maximum atomic E-state index is 11.2. The Bertz CT molecular complexity index is 1020. The zero-order valence-electron chi connectivity index (χ0n) is 20.5. The van der Waals surface area contributed by atoms with E-state index >= 15 is 0 Å². The van der Waals surface area contributed by atoms with E-state index in [1.807, 2.05) is 52.2 Å². The van der Waals surface area contributed by atoms with Gasteiger partial charge in [-0.15, -0.1) is 0 Å². The van der Waals surface area contributed by atoms with Crippen LogP contribution in [0, 0.1) is 13.8 Å². The van der Waals surface area contributed by atoms with Crippen LogP contribution >= 0.6 is 0 Å². The molecule has 0 saturated carbocycles. The summed E-state index contributed by atoms with van der Waals surface area (Å²) >= 11 is 0. The van der Waals surface area contributed by atoms with Gasteiger partial charge >= 0.3 is 0 Å². The second kappa shape index (κ2) is 9.70. The number of aromatic hydroxyl groups is 1. The maximum Gasteiger partial charge on any atom is 0.123 e. The van der Waals surface area contributed by atoms with Crippen molar-refractivity contribution in [2.45, 2.75) is 59.7 Å². The molecular formula is C27H36N4O. The number of hydrogen-bond acceptors (Lipinski definition) is 5. The van der Waals surface area contributed by atoms with Gasteiger partial charge in [0.2, 0.25) is 0 Å². The molecule has 5 nitrogen and oxygen atoms in total. The van der Waals surface area contributed by atoms with Crippen molar-refractivity contribution in [3.63, 3.8) is 0 Å². The molecule has 2 heterocycles. The molecule has 3 aromatic rings. The number of benzene rings is 1. The first-order valence-electron chi connectivity index (χ1n) is 11.1. The van der Waals surface area contributed by atoms with Crippen LogP contribution in [0.15, 0.2) is 48.5 Å². The van der Waals surface area contributed by atoms with Gasteiger partial charge in [-0.25, -0.2) is 0 Å². The smallest absolute Gasteiger partial charge is 0.123 e. The van der Waals surface area contributed by atoms with Crippen molar-refractivity contribution < 1.29 is 5.11 Å². The van der Waals surface area contributed by atoms with Crippen LogP contribution in [0.1, 0.15) is 54.7 Å². The van der Waals surface area contributed by atoms with E-state index in [2.05, 4.69) is 54.8 Å². The number of hydrogen-bond donors (Lipinski definition) is 1. The molecule has 0 saturated heterocycles. The molecule has 2 aromatic heterocycles. The number of phenolic OH excluding ortho intramolecular Hbond substituents is 1. The lowest BCUT2D eigenvalue weighted by Crippen LogP contribution is -2.25. The summed E-state index contributed by atoms with van der Waals surface area (Å²) in [5.74, 6) is 0.377. The van der Waals surface area contributed by atoms with Crippen molar-refractivity contribution in [2.24, 2.45) is 0 Å². The summed E-state index contributed by atoms with van der Waals surface area (Å²) in [5.41, 5.74) is 6.83. The molecule has 0 amide bonds. The summed E-state index contributed by atoms with van der Waals surface area (Å²) in [5, 5.41) is 11.2. The van der Waals surface area contributed by atoms with Crippen LogP contribution in [0.25, 0.3) is 0 Å². The first-order chi connectivity index (χ1) is 15.0. The lowest BCUT2D eigenvalue weighted by atomic mass is 9.84. The first-order valence-corrected chi connectivity index (χ1v) is 11.1. The third-order valence-electron chi connectivity index (χ3n) is 5.56. The van der Waals surface area contributed by atoms with Gasteiger partial charge in [0, 0.05) is 61.9 Å². The number of rotatable bonds is 7. The van der Waals surface area contributed by atoms with Gasteiger partial charge in [0.1, 0.15) is 5.75 Å². The number of anilines is 1. The molecule has 0 aliphatic heterocycles. The predicted octanol–water partition coefficient (Wildman–Crippen LogP) is 5.36. The average Bonchev–Trinajstić information content (AvgIpc) is 2.68. The van der Waals surface area contributed by atoms with E-state index in [0.29, 0.717) is 25.4 Å². The van der Waals surface area contributed by atoms with Crippen LogP contribution in [-0.4, -0.2) is 34.1 Å². The van der Waals surface area contributed by atoms with Gasteiger partial charge in [-0.2, -0.15) is 0 Å². The molecule has 0 spiro atoms. The fourth-order valence-electron chi connectivity index (χ4n) is 3.87. The van der Waals surface area contributed by atoms with E-state index in [9.17, 15) is 5.11 Å². The highest BCUT2D eigenvalue weighted by molar-refractivity contribution is 5.58. The number of aromatic nitrogens is 2. The molecule has 5 heteroatoms. The summed E-state index contributed by atoms with van der Waals surface area (Å²) in [6.07, 6.45) is 0. The van der Waals surface area contributed by atoms with Gasteiger partial charge in [-0.3, -0.25) is 14.9 Å². The van der Waals surface area contributed by atoms with Crippen molar-refractivity contribution >= 4 is 5.69 Å². The normalized spacial score (nSPS) is 11.8. The minimum Gasteiger partial charge on any atom is -0.507 e. The van der Waals surface area contributed by atoms with Crippen LogP contribution < -0.4 is 4.90 Å². The number of pyridine rings is 2. The van der Waals surface area contributed by atoms with E-state index in [4.69, 9.17) is 9.97 Å². The standard InChI is InChI=1S/C27H36N4O/c1-19-10-8-12-22(28-19)17-31(18-23-13-9-11-20(2)29-23)16-21-14-24(30(6)7)15-25(26(21)32)27(3,4)5/h8-15,32H,16-18H2,1-7H3. The molecule has 0 radical (unpaired) electrons. The third-order valence-corrected chi connectivity index (χ3v) is 5.56. The summed E-state index contributed by atoms with van der Waals surface area (Å²) in [7, 11) is 4.07. The minimum atomic E-state index is -0.161. The molecule has 0 aliphatic carbocycles. The summed E-state index contributed by atoms with van der Waals surface area (Å²) in [4.78, 5) is 13.8. The largest absolute Gasteiger partial charge is 0.507 e. The van der Waals surface area contributed by atoms with Crippen LogP contribution in [0.3, 0.4) is 0 Å². The Kier molecular flexibility index (Phi) is 7.19. The Balaban J connectivity index is 2.00. The zero-order chi connectivity index (χ0) is 23.5. The van der Waals surface area contributed by atoms with Gasteiger partial charge in [-0.05, 0) is 55.7 Å². The minimum absolute atomic E-state index is 0.161. The molecular weight excluding hydrogens is 396 g/mol. The SMILES string of the molecule is Cc1cccc(CN(Cc2cccc(C)n2)Cc2cc(N(C)C)cc(C(C)(C)C)c2O)n1. The highest BCUT2D eigenvalue weighted by Crippen LogP contribution is 2.37. The van der Waals surface area contributed by atoms with Gasteiger partial charge in [-0.1, -0.05) is 32.9 Å². The Morgan fingerprint density at radius 2 is 1.34 bits per heavy atom. The molecule has 0 atom stereocenters. The van der Waals surface area contributed by atoms with Crippen molar-refractivity contribution in [3.05, 3.63) is 82.4 Å². The van der Waals surface area contributed by atoms with Gasteiger partial charge in [0.05, 0.1) is 11.4 Å². The summed E-state index contributed by atoms with van der Waals surface area (Å²) in [6.45, 7) is 12.4. The molecule has 32 heavy (non-hydrogen) atoms. The number of aryl methyl sites for hydroxylation is 2. The molecule has 170 valence electrons. The first kappa shape index (κ1) is 23.7. The molecule has 1 N–H and O–H groups in total. The van der Waals surface area contributed by atoms with Gasteiger partial charge in [0.25, 0.3) is 0 Å². The van der Waals surface area contributed by atoms with Crippen LogP contribution in [-0.2, 0) is 25.0 Å². The number of nitrogens with zero attached hydrogens (tertiary/aromatic N) is 4. The molecule has 3 rings (SSSR count). The molecule has 0 fully saturated rings. The van der Waals surface area contributed by atoms with Gasteiger partial charge in [0.15, 0.2) is 0 Å². The predicted molar refractivity (Wildman–Crippen MR) is 132 cm³/mol. The summed E-state index contributed by atoms with van der Waals surface area (Å²) < 4.78 is 0. The third kappa shape index (κ3) is 6.07. The lowest BCUT2D eigenvalue weighted by molar-refractivity contribution is 0.238. The zero-order valence-corrected chi connectivity index (χ0v) is 20.5. The molecule has 1 aromatic carbocycles. The van der Waals surface area contributed by atoms with E-state index in [1.165, 1.54) is 0 Å². The van der Waals surface area contributed by atoms with Crippen molar-refractivity contribution in [1.82, 2.24) is 14.9 Å². The topological polar surface area (TPSA) is 52.5 Å². The van der Waals surface area contributed by atoms with E-state index in [1.54, 1.807) is 0 Å². The second-order valence-corrected chi connectivity index (χ2v) is 9.83. The van der Waals surface area contributed by atoms with Gasteiger partial charge < -0.3 is 10.0 Å². The second-order valence-electron chi connectivity index (χ2n) is 9.83.